The van der Waals surface area contributed by atoms with Crippen LogP contribution in [-0.2, 0) is 0 Å². The highest BCUT2D eigenvalue weighted by atomic mass is 19.1. The van der Waals surface area contributed by atoms with Crippen molar-refractivity contribution >= 4 is 11.4 Å². The molecule has 0 fully saturated rings. The molecule has 0 bridgehead atoms. The first-order valence-electron chi connectivity index (χ1n) is 4.78. The molecule has 14 heavy (non-hydrogen) atoms. The topological polar surface area (TPSA) is 15.3 Å². The highest BCUT2D eigenvalue weighted by molar-refractivity contribution is 5.73. The van der Waals surface area contributed by atoms with E-state index in [1.165, 1.54) is 6.07 Å². The van der Waals surface area contributed by atoms with Crippen LogP contribution in [0.15, 0.2) is 18.2 Å². The van der Waals surface area contributed by atoms with Crippen LogP contribution in [0.25, 0.3) is 0 Å². The molecule has 1 N–H and O–H groups in total. The third kappa shape index (κ3) is 1.33. The van der Waals surface area contributed by atoms with Gasteiger partial charge < -0.3 is 10.2 Å². The summed E-state index contributed by atoms with van der Waals surface area (Å²) in [6, 6.07) is 4.84. The van der Waals surface area contributed by atoms with Crippen LogP contribution in [0.5, 0.6) is 0 Å². The molecule has 0 unspecified atom stereocenters. The quantitative estimate of drug-likeness (QED) is 0.682. The number of benzene rings is 1. The van der Waals surface area contributed by atoms with Crippen molar-refractivity contribution in [1.82, 2.24) is 0 Å². The third-order valence-corrected chi connectivity index (χ3v) is 2.94. The molecule has 76 valence electrons. The molecule has 1 aliphatic heterocycles. The van der Waals surface area contributed by atoms with Crippen molar-refractivity contribution in [2.75, 3.05) is 23.8 Å². The smallest absolute Gasteiger partial charge is 0.125 e. The largest absolute Gasteiger partial charge is 0.381 e. The van der Waals surface area contributed by atoms with E-state index in [1.54, 1.807) is 12.1 Å². The lowest BCUT2D eigenvalue weighted by molar-refractivity contribution is 0.501. The molecule has 0 saturated heterocycles. The zero-order chi connectivity index (χ0) is 10.3. The Morgan fingerprint density at radius 2 is 2.14 bits per heavy atom. The van der Waals surface area contributed by atoms with E-state index in [-0.39, 0.29) is 11.4 Å². The van der Waals surface area contributed by atoms with Crippen molar-refractivity contribution in [2.45, 2.75) is 19.4 Å². The molecule has 0 spiro atoms. The van der Waals surface area contributed by atoms with Crippen LogP contribution in [0.1, 0.15) is 13.8 Å². The van der Waals surface area contributed by atoms with E-state index in [4.69, 9.17) is 0 Å². The fraction of sp³-hybridized carbons (Fsp3) is 0.455. The summed E-state index contributed by atoms with van der Waals surface area (Å²) < 4.78 is 13.1. The van der Waals surface area contributed by atoms with E-state index in [0.29, 0.717) is 0 Å². The minimum absolute atomic E-state index is 0.0286. The van der Waals surface area contributed by atoms with Crippen molar-refractivity contribution in [2.24, 2.45) is 0 Å². The van der Waals surface area contributed by atoms with Gasteiger partial charge in [-0.1, -0.05) is 0 Å². The first-order valence-corrected chi connectivity index (χ1v) is 4.78. The second-order valence-electron chi connectivity index (χ2n) is 4.39. The van der Waals surface area contributed by atoms with Crippen molar-refractivity contribution in [3.8, 4) is 0 Å². The summed E-state index contributed by atoms with van der Waals surface area (Å²) in [5.74, 6) is -0.185. The first kappa shape index (κ1) is 9.31. The van der Waals surface area contributed by atoms with Crippen LogP contribution in [0.2, 0.25) is 0 Å². The van der Waals surface area contributed by atoms with Crippen LogP contribution in [0.3, 0.4) is 0 Å². The fourth-order valence-corrected chi connectivity index (χ4v) is 1.69. The van der Waals surface area contributed by atoms with Crippen molar-refractivity contribution < 1.29 is 4.39 Å². The van der Waals surface area contributed by atoms with Crippen LogP contribution in [0, 0.1) is 5.82 Å². The average Bonchev–Trinajstić information content (AvgIpc) is 2.13. The number of fused-ring (bicyclic) bond motifs is 1. The molecule has 1 aromatic carbocycles. The Bertz CT molecular complexity index is 360. The van der Waals surface area contributed by atoms with Gasteiger partial charge in [0.1, 0.15) is 5.82 Å². The number of likely N-dealkylation sites (N-methyl/N-ethyl adjacent to an activating group) is 1. The lowest BCUT2D eigenvalue weighted by Gasteiger charge is -2.43. The number of rotatable bonds is 0. The van der Waals surface area contributed by atoms with Gasteiger partial charge in [0.05, 0.1) is 16.9 Å². The molecule has 2 rings (SSSR count). The molecule has 0 aliphatic carbocycles. The molecule has 0 radical (unpaired) electrons. The normalized spacial score (nSPS) is 18.7. The minimum atomic E-state index is -0.185. The molecular weight excluding hydrogens is 179 g/mol. The zero-order valence-electron chi connectivity index (χ0n) is 8.76. The van der Waals surface area contributed by atoms with Gasteiger partial charge in [-0.05, 0) is 32.0 Å². The number of anilines is 2. The number of nitrogens with zero attached hydrogens (tertiary/aromatic N) is 1. The molecule has 0 aromatic heterocycles. The summed E-state index contributed by atoms with van der Waals surface area (Å²) in [6.07, 6.45) is 0. The monoisotopic (exact) mass is 194 g/mol. The lowest BCUT2D eigenvalue weighted by Crippen LogP contribution is -2.50. The maximum Gasteiger partial charge on any atom is 0.125 e. The minimum Gasteiger partial charge on any atom is -0.381 e. The van der Waals surface area contributed by atoms with Crippen LogP contribution in [0.4, 0.5) is 15.8 Å². The van der Waals surface area contributed by atoms with Gasteiger partial charge in [0.2, 0.25) is 0 Å². The summed E-state index contributed by atoms with van der Waals surface area (Å²) in [5.41, 5.74) is 1.97. The van der Waals surface area contributed by atoms with Crippen LogP contribution < -0.4 is 10.2 Å². The second kappa shape index (κ2) is 2.87. The molecule has 0 saturated carbocycles. The van der Waals surface area contributed by atoms with Crippen molar-refractivity contribution in [3.63, 3.8) is 0 Å². The Hall–Kier alpha value is -1.25. The Morgan fingerprint density at radius 1 is 1.43 bits per heavy atom. The second-order valence-corrected chi connectivity index (χ2v) is 4.39. The van der Waals surface area contributed by atoms with Gasteiger partial charge in [-0.25, -0.2) is 4.39 Å². The van der Waals surface area contributed by atoms with Gasteiger partial charge in [0.25, 0.3) is 0 Å². The van der Waals surface area contributed by atoms with E-state index < -0.39 is 0 Å². The summed E-state index contributed by atoms with van der Waals surface area (Å²) >= 11 is 0. The average molecular weight is 194 g/mol. The van der Waals surface area contributed by atoms with E-state index in [9.17, 15) is 4.39 Å². The van der Waals surface area contributed by atoms with Gasteiger partial charge in [-0.2, -0.15) is 0 Å². The van der Waals surface area contributed by atoms with Gasteiger partial charge >= 0.3 is 0 Å². The van der Waals surface area contributed by atoms with E-state index in [1.807, 2.05) is 7.05 Å². The van der Waals surface area contributed by atoms with Crippen LogP contribution >= 0.6 is 0 Å². The van der Waals surface area contributed by atoms with Crippen molar-refractivity contribution in [3.05, 3.63) is 24.0 Å². The predicted molar refractivity (Wildman–Crippen MR) is 57.4 cm³/mol. The van der Waals surface area contributed by atoms with Crippen molar-refractivity contribution in [1.29, 1.82) is 0 Å². The highest BCUT2D eigenvalue weighted by Crippen LogP contribution is 2.34. The molecule has 2 nitrogen and oxygen atoms in total. The van der Waals surface area contributed by atoms with Gasteiger partial charge in [0, 0.05) is 13.6 Å². The van der Waals surface area contributed by atoms with E-state index >= 15 is 0 Å². The maximum absolute atomic E-state index is 13.1. The highest BCUT2D eigenvalue weighted by Gasteiger charge is 2.29. The Labute approximate surface area is 83.7 Å². The fourth-order valence-electron chi connectivity index (χ4n) is 1.69. The number of halogens is 1. The Kier molecular flexibility index (Phi) is 1.91. The van der Waals surface area contributed by atoms with Gasteiger partial charge in [0.15, 0.2) is 0 Å². The predicted octanol–water partition coefficient (Wildman–Crippen LogP) is 2.47. The summed E-state index contributed by atoms with van der Waals surface area (Å²) in [4.78, 5) is 2.11. The lowest BCUT2D eigenvalue weighted by atomic mass is 9.98. The van der Waals surface area contributed by atoms with Gasteiger partial charge in [-0.3, -0.25) is 0 Å². The van der Waals surface area contributed by atoms with E-state index in [0.717, 1.165) is 17.9 Å². The summed E-state index contributed by atoms with van der Waals surface area (Å²) in [6.45, 7) is 5.14. The Balaban J connectivity index is 2.48. The number of nitrogens with one attached hydrogen (secondary N) is 1. The summed E-state index contributed by atoms with van der Waals surface area (Å²) in [7, 11) is 2.00. The molecule has 1 aromatic rings. The SMILES string of the molecule is CN1c2cc(F)ccc2NCC1(C)C. The number of hydrogen-bond acceptors (Lipinski definition) is 2. The van der Waals surface area contributed by atoms with E-state index in [2.05, 4.69) is 24.1 Å². The van der Waals surface area contributed by atoms with Crippen LogP contribution in [-0.4, -0.2) is 19.1 Å². The standard InChI is InChI=1S/C11H15FN2/c1-11(2)7-13-9-5-4-8(12)6-10(9)14(11)3/h4-6,13H,7H2,1-3H3. The first-order chi connectivity index (χ1) is 6.50. The maximum atomic E-state index is 13.1. The molecule has 0 atom stereocenters. The zero-order valence-corrected chi connectivity index (χ0v) is 8.76. The molecule has 3 heteroatoms. The molecule has 1 heterocycles. The summed E-state index contributed by atoms with van der Waals surface area (Å²) in [5, 5.41) is 3.30. The molecular formula is C11H15FN2. The Morgan fingerprint density at radius 3 is 2.86 bits per heavy atom. The molecule has 0 amide bonds. The molecule has 1 aliphatic rings. The third-order valence-electron chi connectivity index (χ3n) is 2.94. The van der Waals surface area contributed by atoms with Gasteiger partial charge in [-0.15, -0.1) is 0 Å². The number of hydrogen-bond donors (Lipinski definition) is 1.